The summed E-state index contributed by atoms with van der Waals surface area (Å²) in [6.07, 6.45) is 2.14. The molecule has 8 heteroatoms. The van der Waals surface area contributed by atoms with E-state index in [1.165, 1.54) is 0 Å². The molecule has 0 spiro atoms. The van der Waals surface area contributed by atoms with Gasteiger partial charge in [0.05, 0.1) is 11.8 Å². The second-order valence-corrected chi connectivity index (χ2v) is 5.91. The fourth-order valence-corrected chi connectivity index (χ4v) is 2.12. The van der Waals surface area contributed by atoms with E-state index in [1.54, 1.807) is 6.92 Å². The van der Waals surface area contributed by atoms with E-state index in [0.29, 0.717) is 12.4 Å². The van der Waals surface area contributed by atoms with Gasteiger partial charge in [-0.05, 0) is 19.9 Å². The highest BCUT2D eigenvalue weighted by molar-refractivity contribution is 7.90. The van der Waals surface area contributed by atoms with Gasteiger partial charge in [-0.15, -0.1) is 0 Å². The number of nitrogens with zero attached hydrogens (tertiary/aromatic N) is 2. The molecule has 98 valence electrons. The summed E-state index contributed by atoms with van der Waals surface area (Å²) in [5.41, 5.74) is 0. The Balaban J connectivity index is 2.39. The lowest BCUT2D eigenvalue weighted by Gasteiger charge is -2.13. The zero-order chi connectivity index (χ0) is 12.7. The predicted octanol–water partition coefficient (Wildman–Crippen LogP) is -0.123. The predicted molar refractivity (Wildman–Crippen MR) is 62.7 cm³/mol. The summed E-state index contributed by atoms with van der Waals surface area (Å²) in [5.74, 6) is 0.322. The summed E-state index contributed by atoms with van der Waals surface area (Å²) in [6, 6.07) is 0. The fourth-order valence-electron chi connectivity index (χ4n) is 1.17. The van der Waals surface area contributed by atoms with Crippen molar-refractivity contribution in [3.63, 3.8) is 0 Å². The first-order valence-corrected chi connectivity index (χ1v) is 7.05. The van der Waals surface area contributed by atoms with Gasteiger partial charge in [0.1, 0.15) is 0 Å². The Morgan fingerprint density at radius 2 is 2.29 bits per heavy atom. The van der Waals surface area contributed by atoms with E-state index in [-0.39, 0.29) is 6.54 Å². The van der Waals surface area contributed by atoms with E-state index in [1.807, 2.05) is 6.92 Å². The Morgan fingerprint density at radius 3 is 2.88 bits per heavy atom. The lowest BCUT2D eigenvalue weighted by atomic mass is 10.4. The Bertz CT molecular complexity index is 404. The third kappa shape index (κ3) is 4.80. The fraction of sp³-hybridized carbons (Fsp3) is 0.778. The average molecular weight is 262 g/mol. The third-order valence-corrected chi connectivity index (χ3v) is 4.00. The number of hydrogen-bond donors (Lipinski definition) is 2. The average Bonchev–Trinajstić information content (AvgIpc) is 2.79. The van der Waals surface area contributed by atoms with Gasteiger partial charge in [0, 0.05) is 6.54 Å². The Hall–Kier alpha value is -0.990. The van der Waals surface area contributed by atoms with Crippen LogP contribution in [-0.2, 0) is 16.6 Å². The van der Waals surface area contributed by atoms with Crippen LogP contribution in [0.4, 0.5) is 0 Å². The summed E-state index contributed by atoms with van der Waals surface area (Å²) in [5, 5.41) is 6.09. The minimum atomic E-state index is -3.35. The molecule has 0 fully saturated rings. The summed E-state index contributed by atoms with van der Waals surface area (Å²) in [6.45, 7) is 4.97. The van der Waals surface area contributed by atoms with Crippen molar-refractivity contribution in [3.05, 3.63) is 12.2 Å². The van der Waals surface area contributed by atoms with Crippen LogP contribution in [0.3, 0.4) is 0 Å². The first-order valence-electron chi connectivity index (χ1n) is 5.50. The van der Waals surface area contributed by atoms with E-state index in [4.69, 9.17) is 0 Å². The minimum absolute atomic E-state index is 0.0525. The number of aromatic nitrogens is 2. The van der Waals surface area contributed by atoms with Crippen LogP contribution in [-0.4, -0.2) is 36.9 Å². The van der Waals surface area contributed by atoms with Gasteiger partial charge in [-0.25, -0.2) is 13.1 Å². The van der Waals surface area contributed by atoms with E-state index in [0.717, 1.165) is 19.4 Å². The van der Waals surface area contributed by atoms with Crippen LogP contribution in [0, 0.1) is 0 Å². The Morgan fingerprint density at radius 1 is 1.53 bits per heavy atom. The van der Waals surface area contributed by atoms with Gasteiger partial charge in [0.2, 0.25) is 16.4 Å². The van der Waals surface area contributed by atoms with E-state index in [2.05, 4.69) is 24.7 Å². The van der Waals surface area contributed by atoms with Crippen molar-refractivity contribution >= 4 is 10.0 Å². The van der Waals surface area contributed by atoms with Crippen molar-refractivity contribution in [2.75, 3.05) is 13.1 Å². The van der Waals surface area contributed by atoms with E-state index < -0.39 is 15.3 Å². The summed E-state index contributed by atoms with van der Waals surface area (Å²) in [7, 11) is -3.35. The summed E-state index contributed by atoms with van der Waals surface area (Å²) in [4.78, 5) is 3.73. The highest BCUT2D eigenvalue weighted by atomic mass is 32.2. The molecule has 0 bridgehead atoms. The molecule has 1 atom stereocenters. The molecule has 0 aliphatic carbocycles. The molecule has 0 radical (unpaired) electrons. The van der Waals surface area contributed by atoms with Crippen LogP contribution in [0.1, 0.15) is 26.1 Å². The van der Waals surface area contributed by atoms with Crippen LogP contribution in [0.2, 0.25) is 0 Å². The smallest absolute Gasteiger partial charge is 0.215 e. The summed E-state index contributed by atoms with van der Waals surface area (Å²) < 4.78 is 30.5. The molecule has 17 heavy (non-hydrogen) atoms. The van der Waals surface area contributed by atoms with Crippen molar-refractivity contribution in [2.45, 2.75) is 32.1 Å². The molecule has 1 aromatic heterocycles. The molecule has 1 heterocycles. The molecular formula is C9H18N4O3S. The van der Waals surface area contributed by atoms with Gasteiger partial charge in [0.25, 0.3) is 0 Å². The first-order chi connectivity index (χ1) is 8.06. The minimum Gasteiger partial charge on any atom is -0.343 e. The van der Waals surface area contributed by atoms with Crippen molar-refractivity contribution in [1.29, 1.82) is 0 Å². The number of nitrogens with one attached hydrogen (secondary N) is 2. The van der Waals surface area contributed by atoms with Gasteiger partial charge in [0.15, 0.2) is 5.82 Å². The maximum atomic E-state index is 11.8. The normalized spacial score (nSPS) is 13.8. The number of hydrogen-bond acceptors (Lipinski definition) is 6. The third-order valence-electron chi connectivity index (χ3n) is 2.23. The summed E-state index contributed by atoms with van der Waals surface area (Å²) >= 11 is 0. The van der Waals surface area contributed by atoms with Crippen molar-refractivity contribution in [3.8, 4) is 0 Å². The van der Waals surface area contributed by atoms with Gasteiger partial charge in [-0.3, -0.25) is 0 Å². The second-order valence-electron chi connectivity index (χ2n) is 3.73. The van der Waals surface area contributed by atoms with Gasteiger partial charge in [-0.2, -0.15) is 4.98 Å². The maximum absolute atomic E-state index is 11.8. The maximum Gasteiger partial charge on any atom is 0.215 e. The SMILES string of the molecule is CCCNCC(C)S(=O)(=O)NCc1ncon1. The molecule has 2 N–H and O–H groups in total. The largest absolute Gasteiger partial charge is 0.343 e. The zero-order valence-electron chi connectivity index (χ0n) is 10.0. The molecule has 7 nitrogen and oxygen atoms in total. The van der Waals surface area contributed by atoms with E-state index in [9.17, 15) is 8.42 Å². The lowest BCUT2D eigenvalue weighted by molar-refractivity contribution is 0.409. The van der Waals surface area contributed by atoms with Crippen LogP contribution in [0.25, 0.3) is 0 Å². The quantitative estimate of drug-likeness (QED) is 0.634. The molecular weight excluding hydrogens is 244 g/mol. The molecule has 1 unspecified atom stereocenters. The first kappa shape index (κ1) is 14.1. The van der Waals surface area contributed by atoms with Gasteiger partial charge in [-0.1, -0.05) is 12.1 Å². The van der Waals surface area contributed by atoms with Gasteiger partial charge >= 0.3 is 0 Å². The zero-order valence-corrected chi connectivity index (χ0v) is 10.8. The highest BCUT2D eigenvalue weighted by Crippen LogP contribution is 1.98. The Kier molecular flexibility index (Phi) is 5.52. The molecule has 1 aromatic rings. The molecule has 0 aliphatic rings. The molecule has 0 saturated heterocycles. The van der Waals surface area contributed by atoms with Crippen LogP contribution < -0.4 is 10.0 Å². The van der Waals surface area contributed by atoms with Crippen molar-refractivity contribution in [2.24, 2.45) is 0 Å². The number of rotatable bonds is 8. The highest BCUT2D eigenvalue weighted by Gasteiger charge is 2.20. The second kappa shape index (κ2) is 6.67. The molecule has 0 aliphatic heterocycles. The lowest BCUT2D eigenvalue weighted by Crippen LogP contribution is -2.39. The molecule has 1 rings (SSSR count). The Labute approximate surface area is 101 Å². The van der Waals surface area contributed by atoms with Crippen LogP contribution in [0.15, 0.2) is 10.9 Å². The molecule has 0 amide bonds. The monoisotopic (exact) mass is 262 g/mol. The number of sulfonamides is 1. The van der Waals surface area contributed by atoms with Crippen LogP contribution >= 0.6 is 0 Å². The van der Waals surface area contributed by atoms with E-state index >= 15 is 0 Å². The van der Waals surface area contributed by atoms with Gasteiger partial charge < -0.3 is 9.84 Å². The van der Waals surface area contributed by atoms with Crippen molar-refractivity contribution in [1.82, 2.24) is 20.2 Å². The van der Waals surface area contributed by atoms with Crippen molar-refractivity contribution < 1.29 is 12.9 Å². The topological polar surface area (TPSA) is 97.1 Å². The molecule has 0 aromatic carbocycles. The van der Waals surface area contributed by atoms with Crippen LogP contribution in [0.5, 0.6) is 0 Å². The standard InChI is InChI=1S/C9H18N4O3S/c1-3-4-10-5-8(2)17(14,15)12-6-9-11-7-16-13-9/h7-8,10,12H,3-6H2,1-2H3. The molecule has 0 saturated carbocycles.